The lowest BCUT2D eigenvalue weighted by Gasteiger charge is -2.31. The summed E-state index contributed by atoms with van der Waals surface area (Å²) in [6.07, 6.45) is 2.83. The number of hydrogen-bond donors (Lipinski definition) is 1. The zero-order valence-corrected chi connectivity index (χ0v) is 22.1. The molecule has 0 unspecified atom stereocenters. The number of ether oxygens (including phenoxy) is 1. The number of aryl methyl sites for hydroxylation is 1. The molecule has 0 aliphatic carbocycles. The maximum absolute atomic E-state index is 13.5. The highest BCUT2D eigenvalue weighted by atomic mass is 32.2. The quantitative estimate of drug-likeness (QED) is 0.422. The highest BCUT2D eigenvalue weighted by Crippen LogP contribution is 2.22. The van der Waals surface area contributed by atoms with Crippen molar-refractivity contribution in [2.75, 3.05) is 30.3 Å². The zero-order chi connectivity index (χ0) is 26.0. The van der Waals surface area contributed by atoms with Crippen LogP contribution in [-0.2, 0) is 26.2 Å². The van der Waals surface area contributed by atoms with Crippen molar-refractivity contribution in [2.24, 2.45) is 0 Å². The maximum atomic E-state index is 13.5. The fraction of sp³-hybridized carbons (Fsp3) is 0.462. The molecule has 2 rings (SSSR count). The molecule has 1 N–H and O–H groups in total. The van der Waals surface area contributed by atoms with E-state index < -0.39 is 28.5 Å². The molecular formula is C26H37N3O5S. The van der Waals surface area contributed by atoms with Gasteiger partial charge in [0, 0.05) is 13.1 Å². The second-order valence-corrected chi connectivity index (χ2v) is 10.4. The van der Waals surface area contributed by atoms with Crippen LogP contribution in [0.15, 0.2) is 48.5 Å². The first-order valence-electron chi connectivity index (χ1n) is 11.9. The fourth-order valence-corrected chi connectivity index (χ4v) is 4.46. The monoisotopic (exact) mass is 503 g/mol. The Kier molecular flexibility index (Phi) is 10.6. The van der Waals surface area contributed by atoms with Crippen molar-refractivity contribution < 1.29 is 22.7 Å². The number of nitrogens with one attached hydrogen (secondary N) is 1. The Bertz CT molecular complexity index is 1090. The van der Waals surface area contributed by atoms with E-state index in [0.717, 1.165) is 34.5 Å². The number of rotatable bonds is 13. The molecule has 2 aromatic carbocycles. The summed E-state index contributed by atoms with van der Waals surface area (Å²) in [6, 6.07) is 13.4. The van der Waals surface area contributed by atoms with Crippen LogP contribution in [-0.4, -0.2) is 57.1 Å². The molecule has 0 saturated heterocycles. The number of carbonyl (C=O) groups is 2. The maximum Gasteiger partial charge on any atom is 0.244 e. The van der Waals surface area contributed by atoms with Crippen molar-refractivity contribution in [3.63, 3.8) is 0 Å². The van der Waals surface area contributed by atoms with Gasteiger partial charge in [0.25, 0.3) is 0 Å². The van der Waals surface area contributed by atoms with Crippen LogP contribution >= 0.6 is 0 Å². The number of anilines is 1. The zero-order valence-electron chi connectivity index (χ0n) is 21.3. The van der Waals surface area contributed by atoms with Crippen molar-refractivity contribution >= 4 is 27.5 Å². The molecule has 8 nitrogen and oxygen atoms in total. The standard InChI is InChI=1S/C26H37N3O5S/c1-6-8-16-27-26(31)21(4)28(18-22-11-9-10-20(3)17-22)25(30)19-29(35(5,32)33)23-12-14-24(15-13-23)34-7-2/h9-15,17,21H,6-8,16,18-19H2,1-5H3,(H,27,31)/t21-/m0/s1. The number of amides is 2. The number of hydrogen-bond acceptors (Lipinski definition) is 5. The molecule has 0 aliphatic heterocycles. The second-order valence-electron chi connectivity index (χ2n) is 8.53. The van der Waals surface area contributed by atoms with Crippen LogP contribution in [0.1, 0.15) is 44.7 Å². The lowest BCUT2D eigenvalue weighted by molar-refractivity contribution is -0.139. The van der Waals surface area contributed by atoms with Crippen LogP contribution in [0.25, 0.3) is 0 Å². The first-order valence-corrected chi connectivity index (χ1v) is 13.7. The molecule has 0 aliphatic rings. The predicted molar refractivity (Wildman–Crippen MR) is 139 cm³/mol. The average Bonchev–Trinajstić information content (AvgIpc) is 2.80. The minimum Gasteiger partial charge on any atom is -0.494 e. The smallest absolute Gasteiger partial charge is 0.244 e. The summed E-state index contributed by atoms with van der Waals surface area (Å²) in [4.78, 5) is 27.8. The topological polar surface area (TPSA) is 96.0 Å². The number of carbonyl (C=O) groups excluding carboxylic acids is 2. The van der Waals surface area contributed by atoms with E-state index in [1.54, 1.807) is 31.2 Å². The summed E-state index contributed by atoms with van der Waals surface area (Å²) < 4.78 is 31.7. The van der Waals surface area contributed by atoms with E-state index in [-0.39, 0.29) is 12.5 Å². The van der Waals surface area contributed by atoms with Gasteiger partial charge in [0.2, 0.25) is 21.8 Å². The van der Waals surface area contributed by atoms with E-state index in [2.05, 4.69) is 5.32 Å². The highest BCUT2D eigenvalue weighted by molar-refractivity contribution is 7.92. The van der Waals surface area contributed by atoms with E-state index in [0.29, 0.717) is 24.6 Å². The Balaban J connectivity index is 2.33. The minimum absolute atomic E-state index is 0.184. The molecule has 0 aromatic heterocycles. The molecule has 0 fully saturated rings. The van der Waals surface area contributed by atoms with E-state index in [1.165, 1.54) is 4.90 Å². The average molecular weight is 504 g/mol. The van der Waals surface area contributed by atoms with Gasteiger partial charge in [-0.3, -0.25) is 13.9 Å². The van der Waals surface area contributed by atoms with Crippen molar-refractivity contribution in [3.8, 4) is 5.75 Å². The van der Waals surface area contributed by atoms with Crippen LogP contribution < -0.4 is 14.4 Å². The van der Waals surface area contributed by atoms with Gasteiger partial charge in [0.1, 0.15) is 18.3 Å². The predicted octanol–water partition coefficient (Wildman–Crippen LogP) is 3.49. The lowest BCUT2D eigenvalue weighted by atomic mass is 10.1. The molecule has 9 heteroatoms. The van der Waals surface area contributed by atoms with Gasteiger partial charge in [0.15, 0.2) is 0 Å². The molecule has 0 spiro atoms. The summed E-state index contributed by atoms with van der Waals surface area (Å²) in [6.45, 7) is 8.27. The Morgan fingerprint density at radius 1 is 1.09 bits per heavy atom. The van der Waals surface area contributed by atoms with Crippen LogP contribution in [0.4, 0.5) is 5.69 Å². The summed E-state index contributed by atoms with van der Waals surface area (Å²) >= 11 is 0. The van der Waals surface area contributed by atoms with Crippen molar-refractivity contribution in [1.82, 2.24) is 10.2 Å². The third-order valence-corrected chi connectivity index (χ3v) is 6.69. The molecule has 2 aromatic rings. The second kappa shape index (κ2) is 13.1. The SMILES string of the molecule is CCCCNC(=O)[C@H](C)N(Cc1cccc(C)c1)C(=O)CN(c1ccc(OCC)cc1)S(C)(=O)=O. The van der Waals surface area contributed by atoms with Crippen LogP contribution in [0.2, 0.25) is 0 Å². The Hall–Kier alpha value is -3.07. The third-order valence-electron chi connectivity index (χ3n) is 5.55. The molecule has 0 radical (unpaired) electrons. The van der Waals surface area contributed by atoms with E-state index in [4.69, 9.17) is 4.74 Å². The van der Waals surface area contributed by atoms with Crippen molar-refractivity contribution in [3.05, 3.63) is 59.7 Å². The van der Waals surface area contributed by atoms with Crippen molar-refractivity contribution in [2.45, 2.75) is 53.1 Å². The largest absolute Gasteiger partial charge is 0.494 e. The van der Waals surface area contributed by atoms with Gasteiger partial charge in [-0.15, -0.1) is 0 Å². The molecule has 0 saturated carbocycles. The normalized spacial score (nSPS) is 12.0. The van der Waals surface area contributed by atoms with Crippen LogP contribution in [0.3, 0.4) is 0 Å². The van der Waals surface area contributed by atoms with Crippen LogP contribution in [0.5, 0.6) is 5.75 Å². The number of nitrogens with zero attached hydrogens (tertiary/aromatic N) is 2. The van der Waals surface area contributed by atoms with Gasteiger partial charge in [-0.25, -0.2) is 8.42 Å². The van der Waals surface area contributed by atoms with E-state index in [1.807, 2.05) is 45.0 Å². The molecule has 35 heavy (non-hydrogen) atoms. The summed E-state index contributed by atoms with van der Waals surface area (Å²) in [5.74, 6) is -0.134. The number of unbranched alkanes of at least 4 members (excludes halogenated alkanes) is 1. The van der Waals surface area contributed by atoms with Gasteiger partial charge < -0.3 is 15.0 Å². The summed E-state index contributed by atoms with van der Waals surface area (Å²) in [5.41, 5.74) is 2.24. The van der Waals surface area contributed by atoms with Gasteiger partial charge in [-0.1, -0.05) is 43.2 Å². The lowest BCUT2D eigenvalue weighted by Crippen LogP contribution is -2.51. The molecule has 0 heterocycles. The Morgan fingerprint density at radius 3 is 2.34 bits per heavy atom. The first kappa shape index (κ1) is 28.2. The fourth-order valence-electron chi connectivity index (χ4n) is 3.61. The van der Waals surface area contributed by atoms with Gasteiger partial charge in [-0.2, -0.15) is 0 Å². The molecular weight excluding hydrogens is 466 g/mol. The summed E-state index contributed by atoms with van der Waals surface area (Å²) in [7, 11) is -3.77. The molecule has 0 bridgehead atoms. The van der Waals surface area contributed by atoms with Crippen LogP contribution in [0, 0.1) is 6.92 Å². The number of sulfonamides is 1. The van der Waals surface area contributed by atoms with Crippen molar-refractivity contribution in [1.29, 1.82) is 0 Å². The van der Waals surface area contributed by atoms with E-state index >= 15 is 0 Å². The molecule has 2 amide bonds. The van der Waals surface area contributed by atoms with Gasteiger partial charge in [0.05, 0.1) is 18.6 Å². The summed E-state index contributed by atoms with van der Waals surface area (Å²) in [5, 5.41) is 2.87. The van der Waals surface area contributed by atoms with Gasteiger partial charge in [-0.05, 0) is 57.0 Å². The first-order chi connectivity index (χ1) is 16.6. The third kappa shape index (κ3) is 8.58. The number of benzene rings is 2. The minimum atomic E-state index is -3.77. The Morgan fingerprint density at radius 2 is 1.77 bits per heavy atom. The Labute approximate surface area is 209 Å². The highest BCUT2D eigenvalue weighted by Gasteiger charge is 2.30. The molecule has 192 valence electrons. The van der Waals surface area contributed by atoms with Gasteiger partial charge >= 0.3 is 0 Å². The van der Waals surface area contributed by atoms with E-state index in [9.17, 15) is 18.0 Å². The molecule has 1 atom stereocenters.